The van der Waals surface area contributed by atoms with Crippen LogP contribution in [0.5, 0.6) is 11.5 Å². The summed E-state index contributed by atoms with van der Waals surface area (Å²) in [6.45, 7) is 0.392. The number of hydrogen-bond acceptors (Lipinski definition) is 7. The van der Waals surface area contributed by atoms with E-state index in [4.69, 9.17) is 14.2 Å². The molecule has 2 atom stereocenters. The van der Waals surface area contributed by atoms with Gasteiger partial charge in [-0.25, -0.2) is 5.43 Å². The molecule has 1 aromatic carbocycles. The summed E-state index contributed by atoms with van der Waals surface area (Å²) in [6, 6.07) is 3.95. The van der Waals surface area contributed by atoms with Crippen LogP contribution in [0.15, 0.2) is 18.2 Å². The molecular formula is C14H19N3O5. The van der Waals surface area contributed by atoms with E-state index in [1.807, 2.05) is 0 Å². The Morgan fingerprint density at radius 2 is 1.82 bits per heavy atom. The van der Waals surface area contributed by atoms with Gasteiger partial charge in [0, 0.05) is 6.54 Å². The number of benzene rings is 1. The van der Waals surface area contributed by atoms with Crippen LogP contribution < -0.4 is 25.6 Å². The van der Waals surface area contributed by atoms with Crippen LogP contribution in [0.3, 0.4) is 0 Å². The van der Waals surface area contributed by atoms with Crippen molar-refractivity contribution >= 4 is 11.9 Å². The molecule has 0 saturated carbocycles. The number of carbonyl (C=O) groups excluding carboxylic acids is 2. The first-order valence-corrected chi connectivity index (χ1v) is 6.70. The highest BCUT2D eigenvalue weighted by Crippen LogP contribution is 2.28. The quantitative estimate of drug-likeness (QED) is 0.628. The minimum atomic E-state index is -0.658. The lowest BCUT2D eigenvalue weighted by molar-refractivity contribution is -0.143. The SMILES string of the molecule is COC(=O)C1NNCC1NC(=O)c1c(OC)cccc1OC. The Hall–Kier alpha value is -2.32. The van der Waals surface area contributed by atoms with E-state index in [0.717, 1.165) is 0 Å². The smallest absolute Gasteiger partial charge is 0.326 e. The van der Waals surface area contributed by atoms with E-state index in [1.54, 1.807) is 18.2 Å². The van der Waals surface area contributed by atoms with Crippen LogP contribution in [0.4, 0.5) is 0 Å². The van der Waals surface area contributed by atoms with Crippen LogP contribution in [-0.4, -0.2) is 51.8 Å². The summed E-state index contributed by atoms with van der Waals surface area (Å²) in [4.78, 5) is 24.2. The van der Waals surface area contributed by atoms with Gasteiger partial charge in [0.25, 0.3) is 5.91 Å². The first-order chi connectivity index (χ1) is 10.6. The molecule has 1 aromatic rings. The van der Waals surface area contributed by atoms with Gasteiger partial charge in [0.1, 0.15) is 23.1 Å². The van der Waals surface area contributed by atoms with Gasteiger partial charge in [-0.1, -0.05) is 6.07 Å². The second-order valence-corrected chi connectivity index (χ2v) is 4.64. The molecule has 1 amide bonds. The molecule has 120 valence electrons. The van der Waals surface area contributed by atoms with Gasteiger partial charge in [0.2, 0.25) is 0 Å². The van der Waals surface area contributed by atoms with Crippen molar-refractivity contribution in [2.45, 2.75) is 12.1 Å². The van der Waals surface area contributed by atoms with Crippen LogP contribution in [0.2, 0.25) is 0 Å². The van der Waals surface area contributed by atoms with E-state index in [1.165, 1.54) is 21.3 Å². The Labute approximate surface area is 128 Å². The zero-order valence-electron chi connectivity index (χ0n) is 12.6. The number of carbonyl (C=O) groups is 2. The molecule has 8 heteroatoms. The van der Waals surface area contributed by atoms with Gasteiger partial charge in [-0.15, -0.1) is 0 Å². The number of nitrogens with one attached hydrogen (secondary N) is 3. The summed E-state index contributed by atoms with van der Waals surface area (Å²) in [5.74, 6) is -0.0586. The van der Waals surface area contributed by atoms with Gasteiger partial charge in [-0.3, -0.25) is 15.0 Å². The first-order valence-electron chi connectivity index (χ1n) is 6.70. The molecule has 1 fully saturated rings. The normalized spacial score (nSPS) is 20.3. The molecule has 1 saturated heterocycles. The summed E-state index contributed by atoms with van der Waals surface area (Å²) >= 11 is 0. The fourth-order valence-corrected chi connectivity index (χ4v) is 2.30. The lowest BCUT2D eigenvalue weighted by Gasteiger charge is -2.19. The van der Waals surface area contributed by atoms with Crippen LogP contribution in [-0.2, 0) is 9.53 Å². The third kappa shape index (κ3) is 3.12. The Morgan fingerprint density at radius 3 is 2.36 bits per heavy atom. The van der Waals surface area contributed by atoms with Gasteiger partial charge >= 0.3 is 5.97 Å². The van der Waals surface area contributed by atoms with Crippen molar-refractivity contribution in [1.82, 2.24) is 16.2 Å². The molecule has 1 heterocycles. The van der Waals surface area contributed by atoms with E-state index < -0.39 is 24.0 Å². The topological polar surface area (TPSA) is 97.9 Å². The molecule has 1 aliphatic heterocycles. The standard InChI is InChI=1S/C14H19N3O5/c1-20-9-5-4-6-10(21-2)11(9)13(18)16-8-7-15-17-12(8)14(19)22-3/h4-6,8,12,15,17H,7H2,1-3H3,(H,16,18). The molecule has 22 heavy (non-hydrogen) atoms. The average molecular weight is 309 g/mol. The molecular weight excluding hydrogens is 290 g/mol. The lowest BCUT2D eigenvalue weighted by Crippen LogP contribution is -2.49. The van der Waals surface area contributed by atoms with Crippen molar-refractivity contribution in [3.63, 3.8) is 0 Å². The molecule has 0 spiro atoms. The third-order valence-electron chi connectivity index (χ3n) is 3.41. The van der Waals surface area contributed by atoms with E-state index in [2.05, 4.69) is 16.2 Å². The molecule has 0 radical (unpaired) electrons. The van der Waals surface area contributed by atoms with E-state index in [0.29, 0.717) is 18.0 Å². The number of rotatable bonds is 5. The summed E-state index contributed by atoms with van der Waals surface area (Å²) in [6.07, 6.45) is 0. The molecule has 2 unspecified atom stereocenters. The maximum atomic E-state index is 12.5. The van der Waals surface area contributed by atoms with Crippen LogP contribution in [0.25, 0.3) is 0 Å². The second-order valence-electron chi connectivity index (χ2n) is 4.64. The van der Waals surface area contributed by atoms with Gasteiger partial charge in [0.05, 0.1) is 27.4 Å². The number of methoxy groups -OCH3 is 3. The van der Waals surface area contributed by atoms with Crippen molar-refractivity contribution in [1.29, 1.82) is 0 Å². The maximum absolute atomic E-state index is 12.5. The Bertz CT molecular complexity index is 541. The maximum Gasteiger partial charge on any atom is 0.326 e. The zero-order valence-corrected chi connectivity index (χ0v) is 12.6. The van der Waals surface area contributed by atoms with Crippen LogP contribution in [0.1, 0.15) is 10.4 Å². The zero-order chi connectivity index (χ0) is 16.1. The Kier molecular flexibility index (Phi) is 5.18. The second kappa shape index (κ2) is 7.10. The monoisotopic (exact) mass is 309 g/mol. The number of esters is 1. The van der Waals surface area contributed by atoms with E-state index >= 15 is 0 Å². The van der Waals surface area contributed by atoms with Crippen molar-refractivity contribution in [2.75, 3.05) is 27.9 Å². The highest BCUT2D eigenvalue weighted by atomic mass is 16.5. The van der Waals surface area contributed by atoms with Gasteiger partial charge in [-0.2, -0.15) is 0 Å². The number of hydrogen-bond donors (Lipinski definition) is 3. The number of amides is 1. The summed E-state index contributed by atoms with van der Waals surface area (Å²) in [7, 11) is 4.24. The summed E-state index contributed by atoms with van der Waals surface area (Å²) in [5.41, 5.74) is 5.87. The molecule has 3 N–H and O–H groups in total. The first kappa shape index (κ1) is 16.1. The fourth-order valence-electron chi connectivity index (χ4n) is 2.30. The molecule has 8 nitrogen and oxygen atoms in total. The number of hydrazine groups is 1. The lowest BCUT2D eigenvalue weighted by atomic mass is 10.1. The van der Waals surface area contributed by atoms with Crippen molar-refractivity contribution in [3.8, 4) is 11.5 Å². The summed E-state index contributed by atoms with van der Waals surface area (Å²) < 4.78 is 15.1. The minimum Gasteiger partial charge on any atom is -0.496 e. The predicted octanol–water partition coefficient (Wildman–Crippen LogP) is -0.548. The highest BCUT2D eigenvalue weighted by molar-refractivity contribution is 6.00. The largest absolute Gasteiger partial charge is 0.496 e. The van der Waals surface area contributed by atoms with Crippen LogP contribution >= 0.6 is 0 Å². The third-order valence-corrected chi connectivity index (χ3v) is 3.41. The van der Waals surface area contributed by atoms with Crippen molar-refractivity contribution in [2.24, 2.45) is 0 Å². The minimum absolute atomic E-state index is 0.281. The van der Waals surface area contributed by atoms with Crippen LogP contribution in [0, 0.1) is 0 Å². The van der Waals surface area contributed by atoms with Gasteiger partial charge in [0.15, 0.2) is 0 Å². The Balaban J connectivity index is 2.20. The Morgan fingerprint density at radius 1 is 1.18 bits per heavy atom. The fraction of sp³-hybridized carbons (Fsp3) is 0.429. The van der Waals surface area contributed by atoms with Gasteiger partial charge < -0.3 is 19.5 Å². The molecule has 1 aliphatic rings. The van der Waals surface area contributed by atoms with Crippen molar-refractivity contribution < 1.29 is 23.8 Å². The average Bonchev–Trinajstić information content (AvgIpc) is 3.01. The predicted molar refractivity (Wildman–Crippen MR) is 77.7 cm³/mol. The summed E-state index contributed by atoms with van der Waals surface area (Å²) in [5, 5.41) is 2.79. The molecule has 0 aliphatic carbocycles. The number of ether oxygens (including phenoxy) is 3. The van der Waals surface area contributed by atoms with Crippen molar-refractivity contribution in [3.05, 3.63) is 23.8 Å². The molecule has 2 rings (SSSR count). The molecule has 0 bridgehead atoms. The highest BCUT2D eigenvalue weighted by Gasteiger charge is 2.35. The van der Waals surface area contributed by atoms with E-state index in [-0.39, 0.29) is 5.56 Å². The van der Waals surface area contributed by atoms with E-state index in [9.17, 15) is 9.59 Å². The van der Waals surface area contributed by atoms with Gasteiger partial charge in [-0.05, 0) is 12.1 Å². The molecule has 0 aromatic heterocycles.